The first-order chi connectivity index (χ1) is 16.3. The number of amides is 1. The van der Waals surface area contributed by atoms with Gasteiger partial charge in [-0.2, -0.15) is 13.2 Å². The van der Waals surface area contributed by atoms with E-state index in [0.717, 1.165) is 0 Å². The van der Waals surface area contributed by atoms with Crippen molar-refractivity contribution in [1.29, 1.82) is 0 Å². The number of fused-ring (bicyclic) bond motifs is 2. The van der Waals surface area contributed by atoms with Crippen LogP contribution in [0.15, 0.2) is 30.3 Å². The molecule has 1 spiro atoms. The first-order valence-corrected chi connectivity index (χ1v) is 11.6. The minimum Gasteiger partial charge on any atom is -0.488 e. The van der Waals surface area contributed by atoms with Gasteiger partial charge >= 0.3 is 6.18 Å². The molecule has 6 nitrogen and oxygen atoms in total. The molecule has 35 heavy (non-hydrogen) atoms. The summed E-state index contributed by atoms with van der Waals surface area (Å²) in [5, 5.41) is 0. The standard InChI is InChI=1S/C25H29F4N3O3/c1-15(2)35-20-7-5-17(13-18(20)26)23(34)31-11-9-24(10-12-31)21-8-6-19(22(33)25(27,28)29)32(21)14-16(3)30(24)4/h5-8,13,15-16H,9-12,14H2,1-4H3/t16-/m0/s1. The van der Waals surface area contributed by atoms with Crippen LogP contribution in [0, 0.1) is 5.82 Å². The van der Waals surface area contributed by atoms with E-state index in [1.807, 2.05) is 14.0 Å². The Kier molecular flexibility index (Phi) is 6.46. The lowest BCUT2D eigenvalue weighted by molar-refractivity contribution is -0.0894. The number of piperidine rings is 1. The number of hydrogen-bond donors (Lipinski definition) is 0. The summed E-state index contributed by atoms with van der Waals surface area (Å²) in [5.41, 5.74) is -0.108. The van der Waals surface area contributed by atoms with Crippen LogP contribution < -0.4 is 4.74 Å². The van der Waals surface area contributed by atoms with Gasteiger partial charge in [0.2, 0.25) is 0 Å². The molecule has 0 bridgehead atoms. The SMILES string of the molecule is CC(C)Oc1ccc(C(=O)N2CCC3(CC2)c2ccc(C(=O)C(F)(F)F)n2C[C@H](C)N3C)cc1F. The van der Waals surface area contributed by atoms with E-state index in [9.17, 15) is 27.2 Å². The van der Waals surface area contributed by atoms with Gasteiger partial charge in [0.25, 0.3) is 11.7 Å². The van der Waals surface area contributed by atoms with Crippen LogP contribution in [0.3, 0.4) is 0 Å². The molecule has 2 aliphatic heterocycles. The first kappa shape index (κ1) is 25.2. The van der Waals surface area contributed by atoms with Crippen LogP contribution in [0.25, 0.3) is 0 Å². The number of carbonyl (C=O) groups is 2. The number of rotatable bonds is 4. The quantitative estimate of drug-likeness (QED) is 0.459. The van der Waals surface area contributed by atoms with E-state index in [4.69, 9.17) is 4.74 Å². The van der Waals surface area contributed by atoms with Crippen molar-refractivity contribution in [2.75, 3.05) is 20.1 Å². The molecule has 1 aromatic carbocycles. The van der Waals surface area contributed by atoms with Crippen molar-refractivity contribution >= 4 is 11.7 Å². The lowest BCUT2D eigenvalue weighted by Gasteiger charge is -2.53. The van der Waals surface area contributed by atoms with Gasteiger partial charge in [-0.3, -0.25) is 14.5 Å². The van der Waals surface area contributed by atoms with Crippen LogP contribution >= 0.6 is 0 Å². The van der Waals surface area contributed by atoms with Gasteiger partial charge in [0, 0.05) is 36.9 Å². The Hall–Kier alpha value is -2.88. The number of likely N-dealkylation sites (tertiary alicyclic amines) is 1. The second-order valence-corrected chi connectivity index (χ2v) is 9.64. The third-order valence-corrected chi connectivity index (χ3v) is 7.15. The highest BCUT2D eigenvalue weighted by molar-refractivity contribution is 5.99. The molecule has 0 aliphatic carbocycles. The number of Topliss-reactive ketones (excluding diaryl/α,β-unsaturated/α-hetero) is 1. The third-order valence-electron chi connectivity index (χ3n) is 7.15. The molecule has 0 N–H and O–H groups in total. The molecular weight excluding hydrogens is 466 g/mol. The average molecular weight is 496 g/mol. The van der Waals surface area contributed by atoms with Crippen molar-refractivity contribution in [1.82, 2.24) is 14.4 Å². The number of ether oxygens (including phenoxy) is 1. The number of aromatic nitrogens is 1. The molecule has 1 saturated heterocycles. The molecule has 0 saturated carbocycles. The van der Waals surface area contributed by atoms with Crippen molar-refractivity contribution in [3.05, 3.63) is 53.1 Å². The molecule has 1 atom stereocenters. The Morgan fingerprint density at radius 3 is 2.34 bits per heavy atom. The maximum atomic E-state index is 14.4. The molecule has 2 aliphatic rings. The molecule has 1 fully saturated rings. The van der Waals surface area contributed by atoms with Crippen LogP contribution in [0.2, 0.25) is 0 Å². The van der Waals surface area contributed by atoms with Gasteiger partial charge in [-0.1, -0.05) is 0 Å². The van der Waals surface area contributed by atoms with E-state index in [1.54, 1.807) is 24.8 Å². The fourth-order valence-electron chi connectivity index (χ4n) is 5.26. The molecule has 3 heterocycles. The summed E-state index contributed by atoms with van der Waals surface area (Å²) in [6, 6.07) is 6.87. The molecular formula is C25H29F4N3O3. The predicted molar refractivity (Wildman–Crippen MR) is 121 cm³/mol. The molecule has 10 heteroatoms. The van der Waals surface area contributed by atoms with Gasteiger partial charge in [0.15, 0.2) is 11.6 Å². The van der Waals surface area contributed by atoms with Crippen LogP contribution in [-0.4, -0.2) is 64.5 Å². The molecule has 0 unspecified atom stereocenters. The van der Waals surface area contributed by atoms with Crippen molar-refractivity contribution < 1.29 is 31.9 Å². The number of halogens is 4. The molecule has 4 rings (SSSR count). The smallest absolute Gasteiger partial charge is 0.456 e. The summed E-state index contributed by atoms with van der Waals surface area (Å²) in [6.45, 7) is 6.43. The third kappa shape index (κ3) is 4.44. The van der Waals surface area contributed by atoms with Crippen molar-refractivity contribution in [2.24, 2.45) is 0 Å². The van der Waals surface area contributed by atoms with Crippen molar-refractivity contribution in [3.63, 3.8) is 0 Å². The lowest BCUT2D eigenvalue weighted by atomic mass is 9.80. The normalized spacial score (nSPS) is 20.3. The average Bonchev–Trinajstić information content (AvgIpc) is 3.21. The Morgan fingerprint density at radius 2 is 1.77 bits per heavy atom. The minimum absolute atomic E-state index is 0.0805. The zero-order valence-corrected chi connectivity index (χ0v) is 20.2. The fourth-order valence-corrected chi connectivity index (χ4v) is 5.26. The summed E-state index contributed by atoms with van der Waals surface area (Å²) in [6.07, 6.45) is -4.21. The Labute approximate surface area is 201 Å². The number of benzene rings is 1. The minimum atomic E-state index is -4.95. The summed E-state index contributed by atoms with van der Waals surface area (Å²) >= 11 is 0. The summed E-state index contributed by atoms with van der Waals surface area (Å²) in [5.74, 6) is -2.70. The number of carbonyl (C=O) groups excluding carboxylic acids is 2. The molecule has 0 radical (unpaired) electrons. The van der Waals surface area contributed by atoms with Gasteiger partial charge in [-0.25, -0.2) is 4.39 Å². The highest BCUT2D eigenvalue weighted by atomic mass is 19.4. The van der Waals surface area contributed by atoms with Crippen molar-refractivity contribution in [3.8, 4) is 5.75 Å². The fraction of sp³-hybridized carbons (Fsp3) is 0.520. The summed E-state index contributed by atoms with van der Waals surface area (Å²) in [7, 11) is 1.92. The van der Waals surface area contributed by atoms with Crippen molar-refractivity contribution in [2.45, 2.75) is 64.0 Å². The number of likely N-dealkylation sites (N-methyl/N-ethyl adjacent to an activating group) is 1. The predicted octanol–water partition coefficient (Wildman–Crippen LogP) is 4.62. The number of ketones is 1. The number of alkyl halides is 3. The highest BCUT2D eigenvalue weighted by Crippen LogP contribution is 2.44. The van der Waals surface area contributed by atoms with Gasteiger partial charge in [0.1, 0.15) is 0 Å². The first-order valence-electron chi connectivity index (χ1n) is 11.6. The largest absolute Gasteiger partial charge is 0.488 e. The Bertz CT molecular complexity index is 1130. The van der Waals surface area contributed by atoms with Gasteiger partial charge < -0.3 is 14.2 Å². The molecule has 190 valence electrons. The molecule has 2 aromatic rings. The topological polar surface area (TPSA) is 54.8 Å². The van der Waals surface area contributed by atoms with Crippen LogP contribution in [0.5, 0.6) is 5.75 Å². The van der Waals surface area contributed by atoms with E-state index in [0.29, 0.717) is 31.6 Å². The zero-order chi connectivity index (χ0) is 25.7. The van der Waals surface area contributed by atoms with E-state index in [1.165, 1.54) is 28.8 Å². The summed E-state index contributed by atoms with van der Waals surface area (Å²) in [4.78, 5) is 28.9. The summed E-state index contributed by atoms with van der Waals surface area (Å²) < 4.78 is 60.8. The molecule has 1 amide bonds. The van der Waals surface area contributed by atoms with Crippen LogP contribution in [0.1, 0.15) is 60.2 Å². The van der Waals surface area contributed by atoms with Gasteiger partial charge in [-0.15, -0.1) is 0 Å². The Balaban J connectivity index is 1.56. The van der Waals surface area contributed by atoms with E-state index in [-0.39, 0.29) is 41.6 Å². The van der Waals surface area contributed by atoms with E-state index < -0.39 is 23.3 Å². The second kappa shape index (κ2) is 8.96. The zero-order valence-electron chi connectivity index (χ0n) is 20.2. The highest BCUT2D eigenvalue weighted by Gasteiger charge is 2.49. The van der Waals surface area contributed by atoms with E-state index >= 15 is 0 Å². The van der Waals surface area contributed by atoms with Gasteiger partial charge in [-0.05, 0) is 71.0 Å². The number of hydrogen-bond acceptors (Lipinski definition) is 4. The monoisotopic (exact) mass is 495 g/mol. The van der Waals surface area contributed by atoms with E-state index in [2.05, 4.69) is 4.90 Å². The second-order valence-electron chi connectivity index (χ2n) is 9.64. The maximum absolute atomic E-state index is 14.4. The maximum Gasteiger partial charge on any atom is 0.456 e. The Morgan fingerprint density at radius 1 is 1.11 bits per heavy atom. The molecule has 1 aromatic heterocycles. The number of nitrogens with zero attached hydrogens (tertiary/aromatic N) is 3. The van der Waals surface area contributed by atoms with Gasteiger partial charge in [0.05, 0.1) is 17.3 Å². The van der Waals surface area contributed by atoms with Crippen LogP contribution in [-0.2, 0) is 12.1 Å². The lowest BCUT2D eigenvalue weighted by Crippen LogP contribution is -2.59. The van der Waals surface area contributed by atoms with Crippen LogP contribution in [0.4, 0.5) is 17.6 Å².